The first kappa shape index (κ1) is 20.2. The number of nitrogens with one attached hydrogen (secondary N) is 1. The van der Waals surface area contributed by atoms with Gasteiger partial charge in [0.25, 0.3) is 0 Å². The van der Waals surface area contributed by atoms with Gasteiger partial charge in [0.2, 0.25) is 0 Å². The van der Waals surface area contributed by atoms with Gasteiger partial charge in [0.1, 0.15) is 0 Å². The second-order valence-electron chi connectivity index (χ2n) is 8.76. The largest absolute Gasteiger partial charge is 0.342 e. The quantitative estimate of drug-likeness (QED) is 0.560. The molecule has 4 heteroatoms. The van der Waals surface area contributed by atoms with Gasteiger partial charge in [-0.15, -0.1) is 0 Å². The molecule has 0 unspecified atom stereocenters. The van der Waals surface area contributed by atoms with Crippen LogP contribution in [0.1, 0.15) is 68.6 Å². The van der Waals surface area contributed by atoms with E-state index in [9.17, 15) is 0 Å². The van der Waals surface area contributed by atoms with Crippen LogP contribution >= 0.6 is 0 Å². The van der Waals surface area contributed by atoms with Crippen molar-refractivity contribution < 1.29 is 0 Å². The molecule has 3 N–H and O–H groups in total. The number of hydrogen-bond donors (Lipinski definition) is 2. The van der Waals surface area contributed by atoms with Gasteiger partial charge in [-0.3, -0.25) is 0 Å². The molecule has 0 bridgehead atoms. The van der Waals surface area contributed by atoms with Crippen LogP contribution in [0.2, 0.25) is 0 Å². The molecule has 0 saturated heterocycles. The normalized spacial score (nSPS) is 23.4. The lowest BCUT2D eigenvalue weighted by Crippen LogP contribution is -2.43. The Bertz CT molecular complexity index is 639. The molecule has 150 valence electrons. The molecule has 0 aromatic heterocycles. The minimum atomic E-state index is 0.195. The zero-order valence-electron chi connectivity index (χ0n) is 17.7. The lowest BCUT2D eigenvalue weighted by molar-refractivity contribution is 0.366. The Morgan fingerprint density at radius 1 is 1.11 bits per heavy atom. The number of benzene rings is 1. The van der Waals surface area contributed by atoms with Crippen molar-refractivity contribution in [3.8, 4) is 0 Å². The number of rotatable bonds is 6. The third kappa shape index (κ3) is 5.47. The number of aryl methyl sites for hydroxylation is 3. The van der Waals surface area contributed by atoms with Gasteiger partial charge in [0.15, 0.2) is 5.96 Å². The maximum absolute atomic E-state index is 6.43. The molecule has 0 radical (unpaired) electrons. The molecule has 2 atom stereocenters. The summed E-state index contributed by atoms with van der Waals surface area (Å²) in [4.78, 5) is 7.71. The summed E-state index contributed by atoms with van der Waals surface area (Å²) < 4.78 is 0. The Balaban J connectivity index is 1.90. The Morgan fingerprint density at radius 2 is 1.78 bits per heavy atom. The fourth-order valence-electron chi connectivity index (χ4n) is 4.30. The molecule has 0 heterocycles. The van der Waals surface area contributed by atoms with Gasteiger partial charge in [-0.05, 0) is 69.9 Å². The molecule has 2 aliphatic carbocycles. The van der Waals surface area contributed by atoms with E-state index in [2.05, 4.69) is 50.0 Å². The van der Waals surface area contributed by atoms with Gasteiger partial charge >= 0.3 is 0 Å². The van der Waals surface area contributed by atoms with Crippen LogP contribution in [0.25, 0.3) is 0 Å². The van der Waals surface area contributed by atoms with Crippen molar-refractivity contribution in [2.75, 3.05) is 18.4 Å². The highest BCUT2D eigenvalue weighted by Gasteiger charge is 2.28. The summed E-state index contributed by atoms with van der Waals surface area (Å²) in [5, 5.41) is 3.75. The van der Waals surface area contributed by atoms with E-state index in [0.29, 0.717) is 0 Å². The number of anilines is 1. The Morgan fingerprint density at radius 3 is 2.37 bits per heavy atom. The number of nitrogens with zero attached hydrogens (tertiary/aromatic N) is 2. The smallest absolute Gasteiger partial charge is 0.198 e. The summed E-state index contributed by atoms with van der Waals surface area (Å²) >= 11 is 0. The predicted octanol–water partition coefficient (Wildman–Crippen LogP) is 4.77. The van der Waals surface area contributed by atoms with Crippen LogP contribution in [-0.4, -0.2) is 36.0 Å². The van der Waals surface area contributed by atoms with Gasteiger partial charge in [-0.25, -0.2) is 4.99 Å². The zero-order valence-corrected chi connectivity index (χ0v) is 17.7. The lowest BCUT2D eigenvalue weighted by atomic mass is 9.91. The summed E-state index contributed by atoms with van der Waals surface area (Å²) in [6, 6.07) is 4.94. The maximum Gasteiger partial charge on any atom is 0.198 e. The summed E-state index contributed by atoms with van der Waals surface area (Å²) in [7, 11) is 0. The van der Waals surface area contributed by atoms with Crippen LogP contribution in [0.4, 0.5) is 5.69 Å². The molecule has 0 spiro atoms. The molecule has 2 fully saturated rings. The topological polar surface area (TPSA) is 53.6 Å². The molecule has 4 nitrogen and oxygen atoms in total. The standard InChI is InChI=1S/C23H38N4/c1-5-12-27(15-19-10-11-19)23(25-21-9-7-6-8-20(21)24)26-22-17(3)13-16(2)14-18(22)4/h13-14,19-21H,5-12,15,24H2,1-4H3,(H,25,26)/t20-,21-/m0/s1. The van der Waals surface area contributed by atoms with Gasteiger partial charge in [0.05, 0.1) is 6.04 Å². The van der Waals surface area contributed by atoms with E-state index >= 15 is 0 Å². The van der Waals surface area contributed by atoms with Crippen molar-refractivity contribution in [1.29, 1.82) is 0 Å². The van der Waals surface area contributed by atoms with Gasteiger partial charge in [-0.1, -0.05) is 37.5 Å². The highest BCUT2D eigenvalue weighted by Crippen LogP contribution is 2.31. The molecule has 1 aromatic carbocycles. The van der Waals surface area contributed by atoms with Crippen molar-refractivity contribution >= 4 is 11.6 Å². The van der Waals surface area contributed by atoms with Crippen molar-refractivity contribution in [3.63, 3.8) is 0 Å². The van der Waals surface area contributed by atoms with E-state index in [1.165, 1.54) is 48.1 Å². The average Bonchev–Trinajstić information content (AvgIpc) is 3.42. The van der Waals surface area contributed by atoms with E-state index in [1.54, 1.807) is 0 Å². The number of guanidine groups is 1. The van der Waals surface area contributed by atoms with E-state index in [1.807, 2.05) is 0 Å². The van der Waals surface area contributed by atoms with E-state index < -0.39 is 0 Å². The van der Waals surface area contributed by atoms with Crippen molar-refractivity contribution in [3.05, 3.63) is 28.8 Å². The molecule has 0 amide bonds. The first-order chi connectivity index (χ1) is 13.0. The third-order valence-corrected chi connectivity index (χ3v) is 5.95. The van der Waals surface area contributed by atoms with Crippen molar-refractivity contribution in [2.24, 2.45) is 16.6 Å². The average molecular weight is 371 g/mol. The second kappa shape index (κ2) is 9.09. The van der Waals surface area contributed by atoms with Gasteiger partial charge in [0, 0.05) is 24.8 Å². The molecular weight excluding hydrogens is 332 g/mol. The minimum absolute atomic E-state index is 0.195. The number of nitrogens with two attached hydrogens (primary N) is 1. The van der Waals surface area contributed by atoms with E-state index in [-0.39, 0.29) is 12.1 Å². The van der Waals surface area contributed by atoms with Crippen molar-refractivity contribution in [1.82, 2.24) is 4.90 Å². The van der Waals surface area contributed by atoms with Crippen molar-refractivity contribution in [2.45, 2.75) is 84.7 Å². The maximum atomic E-state index is 6.43. The summed E-state index contributed by atoms with van der Waals surface area (Å²) in [5.41, 5.74) is 11.5. The fraction of sp³-hybridized carbons (Fsp3) is 0.696. The lowest BCUT2D eigenvalue weighted by Gasteiger charge is -2.31. The number of aliphatic imine (C=N–C) groups is 1. The molecule has 1 aromatic rings. The van der Waals surface area contributed by atoms with E-state index in [4.69, 9.17) is 10.7 Å². The Hall–Kier alpha value is -1.55. The molecule has 3 rings (SSSR count). The zero-order chi connectivity index (χ0) is 19.4. The van der Waals surface area contributed by atoms with Crippen LogP contribution < -0.4 is 11.1 Å². The summed E-state index contributed by atoms with van der Waals surface area (Å²) in [6.07, 6.45) is 8.55. The van der Waals surface area contributed by atoms with Crippen LogP contribution in [0.3, 0.4) is 0 Å². The third-order valence-electron chi connectivity index (χ3n) is 5.95. The van der Waals surface area contributed by atoms with Gasteiger partial charge in [-0.2, -0.15) is 0 Å². The highest BCUT2D eigenvalue weighted by atomic mass is 15.3. The predicted molar refractivity (Wildman–Crippen MR) is 117 cm³/mol. The van der Waals surface area contributed by atoms with Crippen LogP contribution in [-0.2, 0) is 0 Å². The molecule has 0 aliphatic heterocycles. The SMILES string of the molecule is CCCN(CC1CC1)C(=N[C@H]1CCCC[C@@H]1N)Nc1c(C)cc(C)cc1C. The van der Waals surface area contributed by atoms with Crippen LogP contribution in [0.15, 0.2) is 17.1 Å². The Kier molecular flexibility index (Phi) is 6.80. The van der Waals surface area contributed by atoms with Crippen LogP contribution in [0, 0.1) is 26.7 Å². The Labute approximate surface area is 165 Å². The van der Waals surface area contributed by atoms with Gasteiger partial charge < -0.3 is 16.0 Å². The minimum Gasteiger partial charge on any atom is -0.342 e. The molecule has 2 aliphatic rings. The fourth-order valence-corrected chi connectivity index (χ4v) is 4.30. The first-order valence-electron chi connectivity index (χ1n) is 10.9. The molecule has 2 saturated carbocycles. The molecule has 27 heavy (non-hydrogen) atoms. The van der Waals surface area contributed by atoms with E-state index in [0.717, 1.165) is 44.2 Å². The number of hydrogen-bond acceptors (Lipinski definition) is 2. The summed E-state index contributed by atoms with van der Waals surface area (Å²) in [5.74, 6) is 1.88. The monoisotopic (exact) mass is 370 g/mol. The first-order valence-corrected chi connectivity index (χ1v) is 10.9. The second-order valence-corrected chi connectivity index (χ2v) is 8.76. The summed E-state index contributed by atoms with van der Waals surface area (Å²) in [6.45, 7) is 11.0. The molecular formula is C23H38N4. The van der Waals surface area contributed by atoms with Crippen LogP contribution in [0.5, 0.6) is 0 Å². The highest BCUT2D eigenvalue weighted by molar-refractivity contribution is 5.95.